The molecule has 0 fully saturated rings. The molecule has 0 bridgehead atoms. The molecule has 90 valence electrons. The Labute approximate surface area is 103 Å². The highest BCUT2D eigenvalue weighted by Crippen LogP contribution is 2.30. The molecule has 1 aromatic heterocycles. The van der Waals surface area contributed by atoms with Crippen molar-refractivity contribution in [2.45, 2.75) is 5.60 Å². The zero-order valence-electron chi connectivity index (χ0n) is 9.50. The Morgan fingerprint density at radius 3 is 2.47 bits per heavy atom. The van der Waals surface area contributed by atoms with Crippen molar-refractivity contribution in [3.05, 3.63) is 60.1 Å². The van der Waals surface area contributed by atoms with Crippen LogP contribution < -0.4 is 0 Å². The topological polar surface area (TPSA) is 50.4 Å². The zero-order valence-corrected chi connectivity index (χ0v) is 10.3. The largest absolute Gasteiger partial charge is 0.466 e. The molecule has 0 radical (unpaired) electrons. The number of benzene rings is 1. The van der Waals surface area contributed by atoms with Crippen LogP contribution in [-0.2, 0) is 16.4 Å². The third kappa shape index (κ3) is 2.48. The van der Waals surface area contributed by atoms with E-state index in [0.717, 1.165) is 0 Å². The molecular formula is C13H14O3S. The van der Waals surface area contributed by atoms with Gasteiger partial charge in [-0.05, 0) is 17.7 Å². The van der Waals surface area contributed by atoms with E-state index in [-0.39, 0.29) is 5.75 Å². The molecule has 0 aliphatic rings. The van der Waals surface area contributed by atoms with Gasteiger partial charge >= 0.3 is 0 Å². The van der Waals surface area contributed by atoms with Crippen LogP contribution in [0.1, 0.15) is 11.3 Å². The fourth-order valence-electron chi connectivity index (χ4n) is 1.82. The summed E-state index contributed by atoms with van der Waals surface area (Å²) < 4.78 is 16.7. The SMILES string of the molecule is CS(=O)CC(O)(c1ccccc1)c1ccco1. The van der Waals surface area contributed by atoms with E-state index in [9.17, 15) is 9.32 Å². The van der Waals surface area contributed by atoms with Crippen molar-refractivity contribution in [1.29, 1.82) is 0 Å². The second kappa shape index (κ2) is 4.85. The van der Waals surface area contributed by atoms with Crippen LogP contribution in [0, 0.1) is 0 Å². The van der Waals surface area contributed by atoms with Crippen molar-refractivity contribution >= 4 is 10.8 Å². The van der Waals surface area contributed by atoms with Gasteiger partial charge in [-0.15, -0.1) is 0 Å². The van der Waals surface area contributed by atoms with Crippen LogP contribution in [0.2, 0.25) is 0 Å². The average Bonchev–Trinajstić information content (AvgIpc) is 2.83. The van der Waals surface area contributed by atoms with Gasteiger partial charge in [0.05, 0.1) is 12.0 Å². The number of aliphatic hydroxyl groups is 1. The molecule has 2 rings (SSSR count). The summed E-state index contributed by atoms with van der Waals surface area (Å²) in [5.41, 5.74) is -0.644. The van der Waals surface area contributed by atoms with Gasteiger partial charge in [-0.25, -0.2) is 0 Å². The van der Waals surface area contributed by atoms with Gasteiger partial charge in [-0.1, -0.05) is 30.3 Å². The molecule has 0 aliphatic carbocycles. The number of furan rings is 1. The zero-order chi connectivity index (χ0) is 12.3. The molecule has 4 heteroatoms. The molecule has 1 aromatic carbocycles. The van der Waals surface area contributed by atoms with Gasteiger partial charge in [0.1, 0.15) is 5.76 Å². The normalized spacial score (nSPS) is 16.4. The quantitative estimate of drug-likeness (QED) is 0.901. The minimum absolute atomic E-state index is 0.116. The Hall–Kier alpha value is -1.39. The molecule has 0 saturated heterocycles. The number of rotatable bonds is 4. The number of hydrogen-bond donors (Lipinski definition) is 1. The van der Waals surface area contributed by atoms with Crippen molar-refractivity contribution in [3.8, 4) is 0 Å². The predicted octanol–water partition coefficient (Wildman–Crippen LogP) is 1.89. The molecule has 2 atom stereocenters. The van der Waals surface area contributed by atoms with Crippen LogP contribution in [0.15, 0.2) is 53.1 Å². The lowest BCUT2D eigenvalue weighted by Gasteiger charge is -2.25. The van der Waals surface area contributed by atoms with E-state index in [4.69, 9.17) is 4.42 Å². The summed E-state index contributed by atoms with van der Waals surface area (Å²) in [5.74, 6) is 0.531. The summed E-state index contributed by atoms with van der Waals surface area (Å²) in [4.78, 5) is 0. The molecule has 17 heavy (non-hydrogen) atoms. The van der Waals surface area contributed by atoms with E-state index in [1.165, 1.54) is 6.26 Å². The van der Waals surface area contributed by atoms with E-state index in [2.05, 4.69) is 0 Å². The molecule has 1 heterocycles. The lowest BCUT2D eigenvalue weighted by molar-refractivity contribution is 0.0809. The molecule has 3 nitrogen and oxygen atoms in total. The van der Waals surface area contributed by atoms with E-state index in [1.54, 1.807) is 30.5 Å². The third-order valence-electron chi connectivity index (χ3n) is 2.59. The summed E-state index contributed by atoms with van der Waals surface area (Å²) in [7, 11) is -1.13. The minimum Gasteiger partial charge on any atom is -0.466 e. The van der Waals surface area contributed by atoms with Gasteiger partial charge < -0.3 is 9.52 Å². The molecule has 2 unspecified atom stereocenters. The first-order chi connectivity index (χ1) is 8.13. The first-order valence-electron chi connectivity index (χ1n) is 5.25. The summed E-state index contributed by atoms with van der Waals surface area (Å²) in [5, 5.41) is 10.7. The van der Waals surface area contributed by atoms with Crippen molar-refractivity contribution < 1.29 is 13.7 Å². The van der Waals surface area contributed by atoms with Crippen molar-refractivity contribution in [3.63, 3.8) is 0 Å². The Morgan fingerprint density at radius 2 is 1.94 bits per heavy atom. The molecule has 0 amide bonds. The van der Waals surface area contributed by atoms with Gasteiger partial charge in [-0.2, -0.15) is 0 Å². The second-order valence-electron chi connectivity index (χ2n) is 3.92. The van der Waals surface area contributed by atoms with E-state index >= 15 is 0 Å². The van der Waals surface area contributed by atoms with Crippen LogP contribution in [-0.4, -0.2) is 21.3 Å². The van der Waals surface area contributed by atoms with E-state index in [1.807, 2.05) is 18.2 Å². The van der Waals surface area contributed by atoms with Gasteiger partial charge in [-0.3, -0.25) is 4.21 Å². The maximum absolute atomic E-state index is 11.4. The van der Waals surface area contributed by atoms with Gasteiger partial charge in [0.25, 0.3) is 0 Å². The van der Waals surface area contributed by atoms with Gasteiger partial charge in [0, 0.05) is 17.1 Å². The Kier molecular flexibility index (Phi) is 3.45. The van der Waals surface area contributed by atoms with Crippen molar-refractivity contribution in [2.75, 3.05) is 12.0 Å². The maximum atomic E-state index is 11.4. The molecule has 0 aliphatic heterocycles. The molecule has 0 saturated carbocycles. The average molecular weight is 250 g/mol. The highest BCUT2D eigenvalue weighted by atomic mass is 32.2. The summed E-state index contributed by atoms with van der Waals surface area (Å²) in [6.07, 6.45) is 3.07. The third-order valence-corrected chi connectivity index (χ3v) is 3.42. The van der Waals surface area contributed by atoms with E-state index in [0.29, 0.717) is 11.3 Å². The first-order valence-corrected chi connectivity index (χ1v) is 6.97. The molecule has 0 spiro atoms. The van der Waals surface area contributed by atoms with Gasteiger partial charge in [0.15, 0.2) is 5.60 Å². The Bertz CT molecular complexity index is 493. The molecule has 1 N–H and O–H groups in total. The van der Waals surface area contributed by atoms with E-state index < -0.39 is 16.4 Å². The summed E-state index contributed by atoms with van der Waals surface area (Å²) in [6.45, 7) is 0. The van der Waals surface area contributed by atoms with Crippen LogP contribution in [0.3, 0.4) is 0 Å². The maximum Gasteiger partial charge on any atom is 0.158 e. The standard InChI is InChI=1S/C13H14O3S/c1-17(15)10-13(14,12-8-5-9-16-12)11-6-3-2-4-7-11/h2-9,14H,10H2,1H3. The summed E-state index contributed by atoms with van der Waals surface area (Å²) >= 11 is 0. The second-order valence-corrected chi connectivity index (χ2v) is 5.36. The summed E-state index contributed by atoms with van der Waals surface area (Å²) in [6, 6.07) is 12.5. The fraction of sp³-hybridized carbons (Fsp3) is 0.231. The van der Waals surface area contributed by atoms with Crippen molar-refractivity contribution in [1.82, 2.24) is 0 Å². The highest BCUT2D eigenvalue weighted by Gasteiger charge is 2.35. The lowest BCUT2D eigenvalue weighted by Crippen LogP contribution is -2.33. The molecular weight excluding hydrogens is 236 g/mol. The van der Waals surface area contributed by atoms with Crippen LogP contribution in [0.4, 0.5) is 0 Å². The first kappa shape index (κ1) is 12.1. The Balaban J connectivity index is 2.48. The Morgan fingerprint density at radius 1 is 1.24 bits per heavy atom. The minimum atomic E-state index is -1.33. The van der Waals surface area contributed by atoms with Crippen molar-refractivity contribution in [2.24, 2.45) is 0 Å². The fourth-order valence-corrected chi connectivity index (χ4v) is 2.72. The van der Waals surface area contributed by atoms with Crippen LogP contribution in [0.5, 0.6) is 0 Å². The van der Waals surface area contributed by atoms with Crippen LogP contribution >= 0.6 is 0 Å². The highest BCUT2D eigenvalue weighted by molar-refractivity contribution is 7.84. The smallest absolute Gasteiger partial charge is 0.158 e. The molecule has 2 aromatic rings. The monoisotopic (exact) mass is 250 g/mol. The van der Waals surface area contributed by atoms with Gasteiger partial charge in [0.2, 0.25) is 0 Å². The predicted molar refractivity (Wildman–Crippen MR) is 67.1 cm³/mol. The number of hydrogen-bond acceptors (Lipinski definition) is 3. The van der Waals surface area contributed by atoms with Crippen LogP contribution in [0.25, 0.3) is 0 Å². The lowest BCUT2D eigenvalue weighted by atomic mass is 9.93.